The smallest absolute Gasteiger partial charge is 0.223 e. The Labute approximate surface area is 99.1 Å². The molecule has 1 heterocycles. The fraction of sp³-hybridized carbons (Fsp3) is 0.769. The third-order valence-corrected chi connectivity index (χ3v) is 3.37. The molecule has 0 aromatic heterocycles. The van der Waals surface area contributed by atoms with Crippen LogP contribution >= 0.6 is 0 Å². The summed E-state index contributed by atoms with van der Waals surface area (Å²) in [6.45, 7) is 13.2. The van der Waals surface area contributed by atoms with E-state index in [9.17, 15) is 4.79 Å². The molecule has 1 fully saturated rings. The molecule has 0 bridgehead atoms. The molecule has 0 aliphatic carbocycles. The van der Waals surface area contributed by atoms with Gasteiger partial charge < -0.3 is 9.80 Å². The van der Waals surface area contributed by atoms with Crippen molar-refractivity contribution in [2.75, 3.05) is 32.7 Å². The molecule has 0 aromatic carbocycles. The largest absolute Gasteiger partial charge is 0.342 e. The van der Waals surface area contributed by atoms with Gasteiger partial charge in [-0.15, -0.1) is 6.58 Å². The third-order valence-electron chi connectivity index (χ3n) is 3.37. The van der Waals surface area contributed by atoms with Crippen LogP contribution in [0, 0.1) is 5.92 Å². The van der Waals surface area contributed by atoms with Crippen molar-refractivity contribution >= 4 is 5.91 Å². The van der Waals surface area contributed by atoms with Crippen LogP contribution in [0.5, 0.6) is 0 Å². The van der Waals surface area contributed by atoms with E-state index in [1.165, 1.54) is 0 Å². The molecule has 1 aliphatic rings. The van der Waals surface area contributed by atoms with Crippen LogP contribution in [-0.4, -0.2) is 48.4 Å². The molecule has 0 aromatic rings. The van der Waals surface area contributed by atoms with Gasteiger partial charge in [0.1, 0.15) is 0 Å². The van der Waals surface area contributed by atoms with Crippen LogP contribution < -0.4 is 0 Å². The van der Waals surface area contributed by atoms with E-state index in [2.05, 4.69) is 25.3 Å². The first-order valence-electron chi connectivity index (χ1n) is 6.33. The monoisotopic (exact) mass is 224 g/mol. The predicted molar refractivity (Wildman–Crippen MR) is 67.3 cm³/mol. The van der Waals surface area contributed by atoms with Crippen molar-refractivity contribution < 1.29 is 4.79 Å². The number of hydrogen-bond acceptors (Lipinski definition) is 2. The maximum atomic E-state index is 11.6. The number of likely N-dealkylation sites (tertiary alicyclic amines) is 1. The van der Waals surface area contributed by atoms with Crippen molar-refractivity contribution in [2.24, 2.45) is 5.92 Å². The topological polar surface area (TPSA) is 23.6 Å². The highest BCUT2D eigenvalue weighted by Gasteiger charge is 2.26. The third kappa shape index (κ3) is 3.63. The van der Waals surface area contributed by atoms with Gasteiger partial charge in [0.2, 0.25) is 5.91 Å². The highest BCUT2D eigenvalue weighted by molar-refractivity contribution is 5.78. The van der Waals surface area contributed by atoms with Gasteiger partial charge >= 0.3 is 0 Å². The normalized spacial score (nSPS) is 20.8. The molecule has 1 unspecified atom stereocenters. The SMILES string of the molecule is C=CC1CC(=O)N(CCCN(CC)CC)C1. The Kier molecular flexibility index (Phi) is 5.53. The van der Waals surface area contributed by atoms with Crippen molar-refractivity contribution in [1.82, 2.24) is 9.80 Å². The minimum atomic E-state index is 0.296. The van der Waals surface area contributed by atoms with Crippen molar-refractivity contribution in [3.05, 3.63) is 12.7 Å². The number of carbonyl (C=O) groups is 1. The molecule has 16 heavy (non-hydrogen) atoms. The summed E-state index contributed by atoms with van der Waals surface area (Å²) in [5.41, 5.74) is 0. The zero-order valence-electron chi connectivity index (χ0n) is 10.6. The van der Waals surface area contributed by atoms with E-state index in [-0.39, 0.29) is 0 Å². The highest BCUT2D eigenvalue weighted by Crippen LogP contribution is 2.18. The molecule has 0 N–H and O–H groups in total. The molecule has 3 heteroatoms. The van der Waals surface area contributed by atoms with E-state index in [1.54, 1.807) is 0 Å². The van der Waals surface area contributed by atoms with Crippen molar-refractivity contribution in [3.63, 3.8) is 0 Å². The molecule has 1 atom stereocenters. The Bertz CT molecular complexity index is 236. The van der Waals surface area contributed by atoms with Gasteiger partial charge in [-0.3, -0.25) is 4.79 Å². The predicted octanol–water partition coefficient (Wildman–Crippen LogP) is 1.75. The first-order valence-corrected chi connectivity index (χ1v) is 6.33. The van der Waals surface area contributed by atoms with Crippen LogP contribution in [0.25, 0.3) is 0 Å². The Morgan fingerprint density at radius 2 is 2.19 bits per heavy atom. The van der Waals surface area contributed by atoms with Gasteiger partial charge in [0, 0.05) is 25.4 Å². The van der Waals surface area contributed by atoms with E-state index in [0.29, 0.717) is 18.2 Å². The van der Waals surface area contributed by atoms with Crippen molar-refractivity contribution in [3.8, 4) is 0 Å². The number of hydrogen-bond donors (Lipinski definition) is 0. The van der Waals surface area contributed by atoms with Crippen LogP contribution in [-0.2, 0) is 4.79 Å². The lowest BCUT2D eigenvalue weighted by atomic mass is 10.1. The molecule has 1 amide bonds. The number of nitrogens with zero attached hydrogens (tertiary/aromatic N) is 2. The number of carbonyl (C=O) groups excluding carboxylic acids is 1. The van der Waals surface area contributed by atoms with Gasteiger partial charge in [0.15, 0.2) is 0 Å². The fourth-order valence-electron chi connectivity index (χ4n) is 2.20. The summed E-state index contributed by atoms with van der Waals surface area (Å²) in [6, 6.07) is 0. The molecule has 0 saturated carbocycles. The summed E-state index contributed by atoms with van der Waals surface area (Å²) in [7, 11) is 0. The fourth-order valence-corrected chi connectivity index (χ4v) is 2.20. The van der Waals surface area contributed by atoms with Crippen LogP contribution in [0.1, 0.15) is 26.7 Å². The standard InChI is InChI=1S/C13H24N2O/c1-4-12-10-13(16)15(11-12)9-7-8-14(5-2)6-3/h4,12H,1,5-11H2,2-3H3. The van der Waals surface area contributed by atoms with Crippen LogP contribution in [0.3, 0.4) is 0 Å². The van der Waals surface area contributed by atoms with Crippen molar-refractivity contribution in [1.29, 1.82) is 0 Å². The number of rotatable bonds is 7. The molecular weight excluding hydrogens is 200 g/mol. The zero-order chi connectivity index (χ0) is 12.0. The Hall–Kier alpha value is -0.830. The average molecular weight is 224 g/mol. The van der Waals surface area contributed by atoms with Gasteiger partial charge in [-0.05, 0) is 26.1 Å². The molecule has 3 nitrogen and oxygen atoms in total. The molecule has 1 aliphatic heterocycles. The van der Waals surface area contributed by atoms with E-state index in [1.807, 2.05) is 11.0 Å². The van der Waals surface area contributed by atoms with E-state index in [4.69, 9.17) is 0 Å². The van der Waals surface area contributed by atoms with Gasteiger partial charge in [-0.2, -0.15) is 0 Å². The van der Waals surface area contributed by atoms with Gasteiger partial charge in [-0.1, -0.05) is 19.9 Å². The Balaban J connectivity index is 2.23. The van der Waals surface area contributed by atoms with Gasteiger partial charge in [0.05, 0.1) is 0 Å². The minimum Gasteiger partial charge on any atom is -0.342 e. The summed E-state index contributed by atoms with van der Waals surface area (Å²) in [5.74, 6) is 0.672. The quantitative estimate of drug-likeness (QED) is 0.615. The second-order valence-electron chi connectivity index (χ2n) is 4.42. The highest BCUT2D eigenvalue weighted by atomic mass is 16.2. The van der Waals surface area contributed by atoms with E-state index >= 15 is 0 Å². The van der Waals surface area contributed by atoms with E-state index in [0.717, 1.165) is 39.1 Å². The lowest BCUT2D eigenvalue weighted by molar-refractivity contribution is -0.127. The summed E-state index contributed by atoms with van der Waals surface area (Å²) >= 11 is 0. The summed E-state index contributed by atoms with van der Waals surface area (Å²) in [6.07, 6.45) is 3.65. The lowest BCUT2D eigenvalue weighted by Crippen LogP contribution is -2.30. The maximum Gasteiger partial charge on any atom is 0.223 e. The first-order chi connectivity index (χ1) is 7.71. The summed E-state index contributed by atoms with van der Waals surface area (Å²) in [5, 5.41) is 0. The summed E-state index contributed by atoms with van der Waals surface area (Å²) in [4.78, 5) is 16.0. The molecule has 0 radical (unpaired) electrons. The second-order valence-corrected chi connectivity index (χ2v) is 4.42. The van der Waals surface area contributed by atoms with Crippen molar-refractivity contribution in [2.45, 2.75) is 26.7 Å². The zero-order valence-corrected chi connectivity index (χ0v) is 10.6. The Morgan fingerprint density at radius 3 is 2.69 bits per heavy atom. The molecule has 92 valence electrons. The molecule has 1 saturated heterocycles. The molecular formula is C13H24N2O. The second kappa shape index (κ2) is 6.69. The average Bonchev–Trinajstić information content (AvgIpc) is 2.66. The first kappa shape index (κ1) is 13.2. The lowest BCUT2D eigenvalue weighted by Gasteiger charge is -2.21. The minimum absolute atomic E-state index is 0.296. The maximum absolute atomic E-state index is 11.6. The van der Waals surface area contributed by atoms with E-state index < -0.39 is 0 Å². The van der Waals surface area contributed by atoms with Crippen LogP contribution in [0.2, 0.25) is 0 Å². The molecule has 0 spiro atoms. The van der Waals surface area contributed by atoms with Crippen LogP contribution in [0.4, 0.5) is 0 Å². The Morgan fingerprint density at radius 1 is 1.50 bits per heavy atom. The van der Waals surface area contributed by atoms with Gasteiger partial charge in [-0.25, -0.2) is 0 Å². The molecule has 1 rings (SSSR count). The summed E-state index contributed by atoms with van der Waals surface area (Å²) < 4.78 is 0. The van der Waals surface area contributed by atoms with Gasteiger partial charge in [0.25, 0.3) is 0 Å². The van der Waals surface area contributed by atoms with Crippen LogP contribution in [0.15, 0.2) is 12.7 Å². The number of amides is 1.